The van der Waals surface area contributed by atoms with Crippen molar-refractivity contribution >= 4 is 0 Å². The van der Waals surface area contributed by atoms with Crippen LogP contribution in [-0.2, 0) is 21.7 Å². The number of rotatable bonds is 0. The zero-order valence-corrected chi connectivity index (χ0v) is 6.67. The van der Waals surface area contributed by atoms with Gasteiger partial charge in [0.15, 0.2) is 0 Å². The van der Waals surface area contributed by atoms with Gasteiger partial charge in [0.1, 0.15) is 0 Å². The van der Waals surface area contributed by atoms with Gasteiger partial charge in [-0.1, -0.05) is 0 Å². The molecule has 25 valence electrons. The van der Waals surface area contributed by atoms with E-state index in [1.54, 1.807) is 0 Å². The van der Waals surface area contributed by atoms with Crippen LogP contribution in [0.25, 0.3) is 0 Å². The van der Waals surface area contributed by atoms with E-state index in [2.05, 4.69) is 9.36 Å². The fourth-order valence-corrected chi connectivity index (χ4v) is 0. The molecule has 4 heavy (non-hydrogen) atoms. The minimum atomic E-state index is -1.16. The van der Waals surface area contributed by atoms with Crippen molar-refractivity contribution in [3.63, 3.8) is 0 Å². The van der Waals surface area contributed by atoms with E-state index in [-0.39, 0.29) is 0 Å². The zero-order chi connectivity index (χ0) is 3.58. The van der Waals surface area contributed by atoms with E-state index in [1.807, 2.05) is 0 Å². The fraction of sp³-hybridized carbons (Fsp3) is 1.00. The Balaban J connectivity index is 2.32. The van der Waals surface area contributed by atoms with Crippen molar-refractivity contribution in [1.29, 1.82) is 0 Å². The molecule has 2 N–H and O–H groups in total. The molecule has 2 heteroatoms. The van der Waals surface area contributed by atoms with Gasteiger partial charge in [0.2, 0.25) is 0 Å². The van der Waals surface area contributed by atoms with E-state index < -0.39 is 21.7 Å². The summed E-state index contributed by atoms with van der Waals surface area (Å²) in [6.45, 7) is 0. The Morgan fingerprint density at radius 3 is 1.50 bits per heavy atom. The van der Waals surface area contributed by atoms with Gasteiger partial charge in [-0.2, -0.15) is 0 Å². The monoisotopic (exact) mass is 226 g/mol. The van der Waals surface area contributed by atoms with E-state index >= 15 is 0 Å². The molecule has 0 aliphatic carbocycles. The quantitative estimate of drug-likeness (QED) is 0.599. The average molecular weight is 225 g/mol. The van der Waals surface area contributed by atoms with E-state index in [0.717, 1.165) is 0 Å². The normalized spacial score (nSPS) is 6.75. The summed E-state index contributed by atoms with van der Waals surface area (Å²) < 4.78 is 9.64. The van der Waals surface area contributed by atoms with E-state index in [1.165, 1.54) is 0 Å². The summed E-state index contributed by atoms with van der Waals surface area (Å²) in [6, 6.07) is 0. The molecule has 0 saturated heterocycles. The molecule has 0 unspecified atom stereocenters. The van der Waals surface area contributed by atoms with Crippen LogP contribution in [-0.4, -0.2) is 0 Å². The summed E-state index contributed by atoms with van der Waals surface area (Å²) in [5, 5.41) is 0. The summed E-state index contributed by atoms with van der Waals surface area (Å²) in [7, 11) is 0. The molecule has 0 radical (unpaired) electrons. The first-order valence-corrected chi connectivity index (χ1v) is 10.5. The van der Waals surface area contributed by atoms with Gasteiger partial charge >= 0.3 is 34.8 Å². The molecule has 0 atom stereocenters. The number of hydrogen-bond donors (Lipinski definition) is 1. The van der Waals surface area contributed by atoms with Crippen LogP contribution in [0.5, 0.6) is 0 Å². The van der Waals surface area contributed by atoms with Crippen LogP contribution in [0, 0.1) is 0 Å². The average Bonchev–Trinajstić information content (AvgIpc) is 0.811. The van der Waals surface area contributed by atoms with Gasteiger partial charge in [-0.05, 0) is 0 Å². The Hall–Kier alpha value is 0.830. The fourth-order valence-electron chi connectivity index (χ4n) is 0. The summed E-state index contributed by atoms with van der Waals surface area (Å²) in [5.41, 5.74) is 0. The topological polar surface area (TPSA) is 26.0 Å². The first-order valence-electron chi connectivity index (χ1n) is 1.29. The van der Waals surface area contributed by atoms with Crippen molar-refractivity contribution < 1.29 is 21.7 Å². The van der Waals surface area contributed by atoms with E-state index in [9.17, 15) is 0 Å². The molecule has 0 bridgehead atoms. The van der Waals surface area contributed by atoms with Crippen LogP contribution in [0.15, 0.2) is 0 Å². The summed E-state index contributed by atoms with van der Waals surface area (Å²) >= 11 is -1.16. The molecule has 0 fully saturated rings. The SMILES string of the molecule is [CH3][Hf]([CH3])[NH2]. The second-order valence-corrected chi connectivity index (χ2v) is 8.82. The van der Waals surface area contributed by atoms with Crippen LogP contribution < -0.4 is 3.72 Å². The third-order valence-corrected chi connectivity index (χ3v) is 0. The molecule has 0 aliphatic heterocycles. The van der Waals surface area contributed by atoms with Gasteiger partial charge in [0.05, 0.1) is 0 Å². The van der Waals surface area contributed by atoms with Crippen LogP contribution in [0.4, 0.5) is 0 Å². The number of hydrogen-bond acceptors (Lipinski definition) is 1. The molecule has 0 aromatic carbocycles. The standard InChI is InChI=1S/2CH3.Hf.H2N/h2*1H3;;1H2/q;;+1;-1. The molecule has 0 rings (SSSR count). The summed E-state index contributed by atoms with van der Waals surface area (Å²) in [5.74, 6) is 0. The summed E-state index contributed by atoms with van der Waals surface area (Å²) in [4.78, 5) is 0. The van der Waals surface area contributed by atoms with Crippen molar-refractivity contribution in [3.05, 3.63) is 0 Å². The Morgan fingerprint density at radius 2 is 1.50 bits per heavy atom. The minimum absolute atomic E-state index is 1.16. The Morgan fingerprint density at radius 1 is 1.50 bits per heavy atom. The van der Waals surface area contributed by atoms with Crippen LogP contribution in [0.1, 0.15) is 0 Å². The van der Waals surface area contributed by atoms with Gasteiger partial charge in [-0.3, -0.25) is 0 Å². The zero-order valence-electron chi connectivity index (χ0n) is 3.08. The van der Waals surface area contributed by atoms with Crippen molar-refractivity contribution in [3.8, 4) is 0 Å². The molecule has 0 amide bonds. The maximum atomic E-state index is 5.32. The Kier molecular flexibility index (Phi) is 2.53. The first-order chi connectivity index (χ1) is 1.73. The van der Waals surface area contributed by atoms with Crippen molar-refractivity contribution in [2.45, 2.75) is 9.36 Å². The predicted molar refractivity (Wildman–Crippen MR) is 15.9 cm³/mol. The number of nitrogens with two attached hydrogens (primary N) is 1. The molecular formula is C2H8HfN. The van der Waals surface area contributed by atoms with Crippen molar-refractivity contribution in [1.82, 2.24) is 0 Å². The predicted octanol–water partition coefficient (Wildman–Crippen LogP) is 0.575. The molecule has 0 heterocycles. The van der Waals surface area contributed by atoms with Crippen LogP contribution >= 0.6 is 0 Å². The first kappa shape index (κ1) is 4.83. The molecule has 0 aromatic heterocycles. The molecule has 1 nitrogen and oxygen atoms in total. The van der Waals surface area contributed by atoms with Gasteiger partial charge in [0, 0.05) is 0 Å². The van der Waals surface area contributed by atoms with Crippen molar-refractivity contribution in [2.24, 2.45) is 3.72 Å². The Bertz CT molecular complexity index is 10.8. The second-order valence-electron chi connectivity index (χ2n) is 1.08. The third kappa shape index (κ3) is 13.8. The Labute approximate surface area is 35.1 Å². The van der Waals surface area contributed by atoms with E-state index in [4.69, 9.17) is 3.72 Å². The molecule has 0 aliphatic rings. The summed E-state index contributed by atoms with van der Waals surface area (Å²) in [6.07, 6.45) is 0. The second kappa shape index (κ2) is 2.09. The van der Waals surface area contributed by atoms with Gasteiger partial charge in [-0.15, -0.1) is 0 Å². The van der Waals surface area contributed by atoms with Gasteiger partial charge in [-0.25, -0.2) is 0 Å². The van der Waals surface area contributed by atoms with E-state index in [0.29, 0.717) is 0 Å². The van der Waals surface area contributed by atoms with Gasteiger partial charge in [0.25, 0.3) is 0 Å². The van der Waals surface area contributed by atoms with Gasteiger partial charge < -0.3 is 0 Å². The van der Waals surface area contributed by atoms with Crippen LogP contribution in [0.3, 0.4) is 0 Å². The molecule has 0 saturated carbocycles. The van der Waals surface area contributed by atoms with Crippen LogP contribution in [0.2, 0.25) is 9.36 Å². The molecule has 0 aromatic rings. The van der Waals surface area contributed by atoms with Crippen molar-refractivity contribution in [2.75, 3.05) is 0 Å². The molecule has 0 spiro atoms. The third-order valence-electron chi connectivity index (χ3n) is 0. The molecular weight excluding hydrogens is 217 g/mol. The maximum absolute atomic E-state index is 5.32.